The van der Waals surface area contributed by atoms with Crippen molar-refractivity contribution in [2.75, 3.05) is 27.0 Å². The number of aromatic hydroxyl groups is 1. The number of fused-ring (bicyclic) bond motifs is 3. The van der Waals surface area contributed by atoms with E-state index in [4.69, 9.17) is 10.5 Å². The molecule has 4 unspecified atom stereocenters. The van der Waals surface area contributed by atoms with Crippen LogP contribution in [0.3, 0.4) is 0 Å². The monoisotopic (exact) mass is 582 g/mol. The zero-order chi connectivity index (χ0) is 30.0. The van der Waals surface area contributed by atoms with Crippen molar-refractivity contribution in [2.24, 2.45) is 29.4 Å². The van der Waals surface area contributed by atoms with Crippen LogP contribution in [0.15, 0.2) is 47.4 Å². The van der Waals surface area contributed by atoms with Gasteiger partial charge in [0.1, 0.15) is 11.5 Å². The third-order valence-corrected chi connectivity index (χ3v) is 9.77. The summed E-state index contributed by atoms with van der Waals surface area (Å²) in [5.74, 6) is -12.6. The quantitative estimate of drug-likeness (QED) is 0.269. The Kier molecular flexibility index (Phi) is 7.31. The summed E-state index contributed by atoms with van der Waals surface area (Å²) in [6.07, 6.45) is -1.70. The normalized spacial score (nSPS) is 32.8. The van der Waals surface area contributed by atoms with E-state index in [1.165, 1.54) is 36.8 Å². The van der Waals surface area contributed by atoms with Crippen molar-refractivity contribution < 1.29 is 44.0 Å². The molecule has 12 heteroatoms. The number of rotatable bonds is 6. The van der Waals surface area contributed by atoms with Crippen LogP contribution >= 0.6 is 11.8 Å². The van der Waals surface area contributed by atoms with Gasteiger partial charge in [-0.3, -0.25) is 28.9 Å². The van der Waals surface area contributed by atoms with E-state index in [1.807, 2.05) is 12.1 Å². The smallest absolute Gasteiger partial charge is 0.235 e. The van der Waals surface area contributed by atoms with Crippen molar-refractivity contribution in [3.63, 3.8) is 0 Å². The summed E-state index contributed by atoms with van der Waals surface area (Å²) < 4.78 is 5.20. The van der Waals surface area contributed by atoms with Crippen LogP contribution in [0.1, 0.15) is 21.8 Å². The Morgan fingerprint density at radius 1 is 1.07 bits per heavy atom. The lowest BCUT2D eigenvalue weighted by Gasteiger charge is -2.56. The van der Waals surface area contributed by atoms with Gasteiger partial charge in [0.2, 0.25) is 5.91 Å². The number of benzene rings is 2. The highest BCUT2D eigenvalue weighted by atomic mass is 32.2. The van der Waals surface area contributed by atoms with Crippen molar-refractivity contribution >= 4 is 40.8 Å². The van der Waals surface area contributed by atoms with Gasteiger partial charge in [0.15, 0.2) is 34.7 Å². The first-order valence-corrected chi connectivity index (χ1v) is 14.0. The zero-order valence-electron chi connectivity index (χ0n) is 22.5. The molecule has 2 aromatic rings. The van der Waals surface area contributed by atoms with Gasteiger partial charge in [-0.1, -0.05) is 12.1 Å². The fraction of sp³-hybridized carbons (Fsp3) is 0.414. The SMILES string of the molecule is COc1ccc(SC[C@H]2c3cccc(O)c3C(=O)C3C(=O)[C@]4(O)C(=O)C(C(N)=O)C(=O)[C@@H](N(C)C)C4[C@@H](O)C32)cc1. The molecule has 0 heterocycles. The van der Waals surface area contributed by atoms with Crippen molar-refractivity contribution in [1.29, 1.82) is 0 Å². The number of ketones is 4. The van der Waals surface area contributed by atoms with E-state index in [0.29, 0.717) is 11.3 Å². The lowest BCUT2D eigenvalue weighted by atomic mass is 9.49. The summed E-state index contributed by atoms with van der Waals surface area (Å²) in [6, 6.07) is 10.2. The van der Waals surface area contributed by atoms with E-state index >= 15 is 0 Å². The van der Waals surface area contributed by atoms with E-state index in [1.54, 1.807) is 31.4 Å². The molecule has 2 fully saturated rings. The highest BCUT2D eigenvalue weighted by Crippen LogP contribution is 2.55. The Labute approximate surface area is 239 Å². The fourth-order valence-electron chi connectivity index (χ4n) is 6.82. The van der Waals surface area contributed by atoms with Crippen molar-refractivity contribution in [3.05, 3.63) is 53.6 Å². The number of primary amides is 1. The van der Waals surface area contributed by atoms with Gasteiger partial charge in [0.05, 0.1) is 36.7 Å². The fourth-order valence-corrected chi connectivity index (χ4v) is 7.93. The third kappa shape index (κ3) is 4.19. The van der Waals surface area contributed by atoms with Crippen LogP contribution in [0.4, 0.5) is 0 Å². The number of phenolic OH excluding ortho intramolecular Hbond substituents is 1. The molecular weight excluding hydrogens is 552 g/mol. The summed E-state index contributed by atoms with van der Waals surface area (Å²) in [6.45, 7) is 0. The Morgan fingerprint density at radius 3 is 2.32 bits per heavy atom. The highest BCUT2D eigenvalue weighted by Gasteiger charge is 2.73. The Balaban J connectivity index is 1.66. The van der Waals surface area contributed by atoms with Crippen molar-refractivity contribution in [2.45, 2.75) is 28.6 Å². The molecule has 0 aliphatic heterocycles. The first-order chi connectivity index (χ1) is 19.4. The van der Waals surface area contributed by atoms with E-state index in [0.717, 1.165) is 4.90 Å². The van der Waals surface area contributed by atoms with Crippen LogP contribution < -0.4 is 10.5 Å². The number of likely N-dealkylation sites (N-methyl/N-ethyl adjacent to an activating group) is 1. The standard InChI is InChI=1S/C29H30N2O9S/c1-31(2)22-21-24(34)18-15(11-41-13-9-7-12(40-3)8-10-13)14-5-4-6-16(32)17(14)23(33)19(18)26(36)29(21,39)27(37)20(25(22)35)28(30)38/h4-10,15,18-22,24,32,34,39H,11H2,1-3H3,(H2,30,38)/t15-,18?,19?,20?,21?,22-,24-,29-/m0/s1. The molecule has 41 heavy (non-hydrogen) atoms. The Bertz CT molecular complexity index is 1460. The van der Waals surface area contributed by atoms with Crippen LogP contribution in [-0.4, -0.2) is 94.0 Å². The Hall–Kier alpha value is -3.58. The molecule has 3 aliphatic carbocycles. The molecular formula is C29H30N2O9S. The van der Waals surface area contributed by atoms with E-state index in [-0.39, 0.29) is 17.1 Å². The lowest BCUT2D eigenvalue weighted by molar-refractivity contribution is -0.196. The number of carbonyl (C=O) groups is 5. The summed E-state index contributed by atoms with van der Waals surface area (Å²) in [5, 5.41) is 34.4. The number of thioether (sulfide) groups is 1. The van der Waals surface area contributed by atoms with Crippen molar-refractivity contribution in [3.8, 4) is 11.5 Å². The number of carbonyl (C=O) groups excluding carboxylic acids is 5. The van der Waals surface area contributed by atoms with Crippen LogP contribution in [-0.2, 0) is 19.2 Å². The first-order valence-electron chi connectivity index (χ1n) is 13.0. The summed E-state index contributed by atoms with van der Waals surface area (Å²) >= 11 is 1.38. The summed E-state index contributed by atoms with van der Waals surface area (Å²) in [4.78, 5) is 69.2. The minimum absolute atomic E-state index is 0.133. The number of hydrogen-bond acceptors (Lipinski definition) is 11. The molecule has 1 amide bonds. The van der Waals surface area contributed by atoms with Gasteiger partial charge in [-0.05, 0) is 50.0 Å². The second-order valence-corrected chi connectivity index (χ2v) is 12.0. The van der Waals surface area contributed by atoms with Gasteiger partial charge in [-0.25, -0.2) is 0 Å². The van der Waals surface area contributed by atoms with E-state index < -0.39 is 76.4 Å². The number of phenols is 1. The second kappa shape index (κ2) is 10.4. The largest absolute Gasteiger partial charge is 0.507 e. The number of methoxy groups -OCH3 is 1. The molecule has 0 radical (unpaired) electrons. The molecule has 0 aromatic heterocycles. The molecule has 5 N–H and O–H groups in total. The Morgan fingerprint density at radius 2 is 1.73 bits per heavy atom. The molecule has 11 nitrogen and oxygen atoms in total. The number of ether oxygens (including phenoxy) is 1. The topological polar surface area (TPSA) is 185 Å². The minimum atomic E-state index is -3.03. The lowest BCUT2D eigenvalue weighted by Crippen LogP contribution is -2.77. The predicted molar refractivity (Wildman–Crippen MR) is 146 cm³/mol. The maximum atomic E-state index is 14.1. The molecule has 2 aromatic carbocycles. The van der Waals surface area contributed by atoms with Gasteiger partial charge in [0, 0.05) is 22.5 Å². The van der Waals surface area contributed by atoms with E-state index in [2.05, 4.69) is 0 Å². The highest BCUT2D eigenvalue weighted by molar-refractivity contribution is 7.99. The number of aliphatic hydroxyl groups is 2. The van der Waals surface area contributed by atoms with E-state index in [9.17, 15) is 39.3 Å². The van der Waals surface area contributed by atoms with Crippen LogP contribution in [0.5, 0.6) is 11.5 Å². The number of nitrogens with zero attached hydrogens (tertiary/aromatic N) is 1. The second-order valence-electron chi connectivity index (χ2n) is 10.9. The van der Waals surface area contributed by atoms with Gasteiger partial charge in [0.25, 0.3) is 0 Å². The average molecular weight is 583 g/mol. The van der Waals surface area contributed by atoms with Crippen LogP contribution in [0, 0.1) is 23.7 Å². The van der Waals surface area contributed by atoms with Gasteiger partial charge < -0.3 is 25.8 Å². The molecule has 8 atom stereocenters. The summed E-state index contributed by atoms with van der Waals surface area (Å²) in [7, 11) is 4.45. The molecule has 0 bridgehead atoms. The molecule has 3 aliphatic rings. The number of aliphatic hydroxyl groups excluding tert-OH is 1. The third-order valence-electron chi connectivity index (χ3n) is 8.64. The maximum Gasteiger partial charge on any atom is 0.235 e. The van der Waals surface area contributed by atoms with Gasteiger partial charge in [-0.15, -0.1) is 11.8 Å². The maximum absolute atomic E-state index is 14.1. The number of Topliss-reactive ketones (excluding diaryl/α,β-unsaturated/α-hetero) is 4. The predicted octanol–water partition coefficient (Wildman–Crippen LogP) is 0.180. The van der Waals surface area contributed by atoms with Crippen LogP contribution in [0.2, 0.25) is 0 Å². The summed E-state index contributed by atoms with van der Waals surface area (Å²) in [5.41, 5.74) is 2.59. The number of nitrogens with two attached hydrogens (primary N) is 1. The number of hydrogen-bond donors (Lipinski definition) is 4. The molecule has 2 saturated carbocycles. The van der Waals surface area contributed by atoms with Gasteiger partial charge >= 0.3 is 0 Å². The minimum Gasteiger partial charge on any atom is -0.507 e. The molecule has 0 saturated heterocycles. The van der Waals surface area contributed by atoms with Crippen LogP contribution in [0.25, 0.3) is 0 Å². The molecule has 0 spiro atoms. The number of amides is 1. The van der Waals surface area contributed by atoms with Gasteiger partial charge in [-0.2, -0.15) is 0 Å². The first kappa shape index (κ1) is 28.9. The van der Waals surface area contributed by atoms with Crippen molar-refractivity contribution in [1.82, 2.24) is 4.90 Å². The average Bonchev–Trinajstić information content (AvgIpc) is 2.92. The molecule has 216 valence electrons. The molecule has 5 rings (SSSR count). The zero-order valence-corrected chi connectivity index (χ0v) is 23.3.